The van der Waals surface area contributed by atoms with Crippen molar-refractivity contribution in [2.24, 2.45) is 0 Å². The second kappa shape index (κ2) is 8.49. The van der Waals surface area contributed by atoms with Gasteiger partial charge in [-0.2, -0.15) is 0 Å². The molecular weight excluding hydrogens is 384 g/mol. The molecule has 0 radical (unpaired) electrons. The molecule has 1 aliphatic rings. The molecule has 0 spiro atoms. The summed E-state index contributed by atoms with van der Waals surface area (Å²) in [5.74, 6) is 1.36. The normalized spacial score (nSPS) is 17.1. The van der Waals surface area contributed by atoms with Gasteiger partial charge in [0.05, 0.1) is 0 Å². The van der Waals surface area contributed by atoms with E-state index < -0.39 is 0 Å². The summed E-state index contributed by atoms with van der Waals surface area (Å²) in [5, 5.41) is 9.46. The van der Waals surface area contributed by atoms with E-state index in [1.54, 1.807) is 11.8 Å². The van der Waals surface area contributed by atoms with Crippen molar-refractivity contribution in [1.29, 1.82) is 0 Å². The summed E-state index contributed by atoms with van der Waals surface area (Å²) in [6.45, 7) is 5.52. The number of amides is 1. The molecule has 1 atom stereocenters. The molecule has 1 amide bonds. The molecule has 1 aliphatic heterocycles. The van der Waals surface area contributed by atoms with Gasteiger partial charge in [0.25, 0.3) is 0 Å². The highest BCUT2D eigenvalue weighted by molar-refractivity contribution is 7.98. The Labute approximate surface area is 175 Å². The van der Waals surface area contributed by atoms with E-state index in [4.69, 9.17) is 0 Å². The van der Waals surface area contributed by atoms with Crippen LogP contribution in [0.4, 0.5) is 0 Å². The van der Waals surface area contributed by atoms with Crippen molar-refractivity contribution in [2.45, 2.75) is 50.6 Å². The SMILES string of the molecule is CSc1nc(C)c(CCC(=O)N2CCCC(c3nnc4ccccn34)C2)c(C)n1. The maximum atomic E-state index is 12.9. The molecule has 0 saturated carbocycles. The van der Waals surface area contributed by atoms with Crippen LogP contribution in [0.15, 0.2) is 29.6 Å². The van der Waals surface area contributed by atoms with Gasteiger partial charge in [0, 0.05) is 43.0 Å². The third-order valence-corrected chi connectivity index (χ3v) is 6.20. The van der Waals surface area contributed by atoms with Crippen LogP contribution in [0.5, 0.6) is 0 Å². The highest BCUT2D eigenvalue weighted by Gasteiger charge is 2.27. The number of likely N-dealkylation sites (tertiary alicyclic amines) is 1. The summed E-state index contributed by atoms with van der Waals surface area (Å²) in [4.78, 5) is 24.0. The molecule has 0 aliphatic carbocycles. The van der Waals surface area contributed by atoms with E-state index in [1.165, 1.54) is 0 Å². The van der Waals surface area contributed by atoms with E-state index in [-0.39, 0.29) is 11.8 Å². The number of pyridine rings is 1. The quantitative estimate of drug-likeness (QED) is 0.475. The van der Waals surface area contributed by atoms with Crippen LogP contribution in [0.25, 0.3) is 5.65 Å². The fraction of sp³-hybridized carbons (Fsp3) is 0.476. The van der Waals surface area contributed by atoms with Gasteiger partial charge in [-0.15, -0.1) is 10.2 Å². The largest absolute Gasteiger partial charge is 0.342 e. The van der Waals surface area contributed by atoms with Crippen molar-refractivity contribution >= 4 is 23.3 Å². The van der Waals surface area contributed by atoms with Crippen LogP contribution in [0.1, 0.15) is 48.0 Å². The highest BCUT2D eigenvalue weighted by Crippen LogP contribution is 2.27. The number of fused-ring (bicyclic) bond motifs is 1. The Morgan fingerprint density at radius 3 is 2.76 bits per heavy atom. The zero-order valence-corrected chi connectivity index (χ0v) is 17.9. The maximum absolute atomic E-state index is 12.9. The summed E-state index contributed by atoms with van der Waals surface area (Å²) in [5.41, 5.74) is 3.89. The number of hydrogen-bond acceptors (Lipinski definition) is 6. The van der Waals surface area contributed by atoms with Gasteiger partial charge in [0.15, 0.2) is 10.8 Å². The summed E-state index contributed by atoms with van der Waals surface area (Å²) in [6.07, 6.45) is 7.15. The van der Waals surface area contributed by atoms with Gasteiger partial charge in [-0.05, 0) is 57.1 Å². The van der Waals surface area contributed by atoms with Crippen LogP contribution in [0.2, 0.25) is 0 Å². The molecule has 3 aromatic rings. The van der Waals surface area contributed by atoms with Crippen LogP contribution >= 0.6 is 11.8 Å². The Morgan fingerprint density at radius 2 is 2.00 bits per heavy atom. The second-order valence-corrected chi connectivity index (χ2v) is 8.30. The second-order valence-electron chi connectivity index (χ2n) is 7.53. The topological polar surface area (TPSA) is 76.3 Å². The van der Waals surface area contributed by atoms with E-state index in [2.05, 4.69) is 20.2 Å². The van der Waals surface area contributed by atoms with Crippen LogP contribution in [-0.4, -0.2) is 54.7 Å². The van der Waals surface area contributed by atoms with Crippen LogP contribution < -0.4 is 0 Å². The molecule has 29 heavy (non-hydrogen) atoms. The number of aromatic nitrogens is 5. The van der Waals surface area contributed by atoms with E-state index in [0.29, 0.717) is 19.4 Å². The van der Waals surface area contributed by atoms with Crippen LogP contribution in [-0.2, 0) is 11.2 Å². The minimum atomic E-state index is 0.191. The van der Waals surface area contributed by atoms with E-state index in [9.17, 15) is 4.79 Å². The van der Waals surface area contributed by atoms with Crippen molar-refractivity contribution in [2.75, 3.05) is 19.3 Å². The molecule has 0 aromatic carbocycles. The van der Waals surface area contributed by atoms with Crippen molar-refractivity contribution in [1.82, 2.24) is 29.5 Å². The van der Waals surface area contributed by atoms with Crippen molar-refractivity contribution in [3.63, 3.8) is 0 Å². The first-order chi connectivity index (χ1) is 14.1. The van der Waals surface area contributed by atoms with Gasteiger partial charge >= 0.3 is 0 Å². The molecule has 4 heterocycles. The van der Waals surface area contributed by atoms with E-state index in [1.807, 2.05) is 53.8 Å². The lowest BCUT2D eigenvalue weighted by molar-refractivity contribution is -0.132. The lowest BCUT2D eigenvalue weighted by Crippen LogP contribution is -2.39. The fourth-order valence-electron chi connectivity index (χ4n) is 4.10. The van der Waals surface area contributed by atoms with Crippen molar-refractivity contribution < 1.29 is 4.79 Å². The Hall–Kier alpha value is -2.48. The molecule has 7 nitrogen and oxygen atoms in total. The zero-order chi connectivity index (χ0) is 20.4. The molecule has 1 unspecified atom stereocenters. The first-order valence-electron chi connectivity index (χ1n) is 10.0. The number of thioether (sulfide) groups is 1. The first-order valence-corrected chi connectivity index (χ1v) is 11.2. The van der Waals surface area contributed by atoms with Gasteiger partial charge < -0.3 is 4.90 Å². The minimum absolute atomic E-state index is 0.191. The third kappa shape index (κ3) is 4.12. The maximum Gasteiger partial charge on any atom is 0.222 e. The number of carbonyl (C=O) groups is 1. The van der Waals surface area contributed by atoms with Crippen molar-refractivity contribution in [3.05, 3.63) is 47.2 Å². The van der Waals surface area contributed by atoms with Gasteiger partial charge in [-0.1, -0.05) is 17.8 Å². The number of aryl methyl sites for hydroxylation is 2. The standard InChI is InChI=1S/C21H26N6OS/c1-14-17(15(2)23-21(22-14)29-3)9-10-19(28)26-11-6-7-16(13-26)20-25-24-18-8-4-5-12-27(18)20/h4-5,8,12,16H,6-7,9-11,13H2,1-3H3. The molecular formula is C21H26N6OS. The Kier molecular flexibility index (Phi) is 5.80. The molecule has 1 fully saturated rings. The summed E-state index contributed by atoms with van der Waals surface area (Å²) >= 11 is 1.54. The van der Waals surface area contributed by atoms with Crippen molar-refractivity contribution in [3.8, 4) is 0 Å². The molecule has 8 heteroatoms. The number of carbonyl (C=O) groups excluding carboxylic acids is 1. The predicted molar refractivity (Wildman–Crippen MR) is 113 cm³/mol. The molecule has 1 saturated heterocycles. The summed E-state index contributed by atoms with van der Waals surface area (Å²) in [7, 11) is 0. The lowest BCUT2D eigenvalue weighted by Gasteiger charge is -2.32. The van der Waals surface area contributed by atoms with Gasteiger partial charge in [0.1, 0.15) is 5.82 Å². The predicted octanol–water partition coefficient (Wildman–Crippen LogP) is 3.20. The third-order valence-electron chi connectivity index (χ3n) is 5.65. The molecule has 3 aromatic heterocycles. The van der Waals surface area contributed by atoms with E-state index >= 15 is 0 Å². The zero-order valence-electron chi connectivity index (χ0n) is 17.1. The first kappa shape index (κ1) is 19.8. The molecule has 4 rings (SSSR count). The average Bonchev–Trinajstić information content (AvgIpc) is 3.17. The monoisotopic (exact) mass is 410 g/mol. The minimum Gasteiger partial charge on any atom is -0.342 e. The molecule has 0 bridgehead atoms. The molecule has 0 N–H and O–H groups in total. The fourth-order valence-corrected chi connectivity index (χ4v) is 4.56. The Bertz CT molecular complexity index is 1010. The smallest absolute Gasteiger partial charge is 0.222 e. The van der Waals surface area contributed by atoms with Gasteiger partial charge in [0.2, 0.25) is 5.91 Å². The van der Waals surface area contributed by atoms with E-state index in [0.717, 1.165) is 53.0 Å². The summed E-state index contributed by atoms with van der Waals surface area (Å²) in [6, 6.07) is 5.90. The number of rotatable bonds is 5. The number of piperidine rings is 1. The Balaban J connectivity index is 1.43. The Morgan fingerprint density at radius 1 is 1.21 bits per heavy atom. The molecule has 152 valence electrons. The van der Waals surface area contributed by atoms with Crippen LogP contribution in [0.3, 0.4) is 0 Å². The average molecular weight is 411 g/mol. The lowest BCUT2D eigenvalue weighted by atomic mass is 9.96. The van der Waals surface area contributed by atoms with Gasteiger partial charge in [-0.3, -0.25) is 9.20 Å². The number of nitrogens with zero attached hydrogens (tertiary/aromatic N) is 6. The highest BCUT2D eigenvalue weighted by atomic mass is 32.2. The van der Waals surface area contributed by atoms with Gasteiger partial charge in [-0.25, -0.2) is 9.97 Å². The summed E-state index contributed by atoms with van der Waals surface area (Å²) < 4.78 is 2.04. The van der Waals surface area contributed by atoms with Crippen LogP contribution in [0, 0.1) is 13.8 Å². The number of hydrogen-bond donors (Lipinski definition) is 0.